The average Bonchev–Trinajstić information content (AvgIpc) is 2.71. The molecule has 0 radical (unpaired) electrons. The molecule has 1 aromatic heterocycles. The van der Waals surface area contributed by atoms with Crippen LogP contribution in [-0.4, -0.2) is 33.1 Å². The van der Waals surface area contributed by atoms with E-state index in [1.807, 2.05) is 31.2 Å². The summed E-state index contributed by atoms with van der Waals surface area (Å²) in [6.07, 6.45) is 3.04. The zero-order chi connectivity index (χ0) is 17.8. The lowest BCUT2D eigenvalue weighted by molar-refractivity contribution is -0.118. The molecule has 3 rings (SSSR count). The Bertz CT molecular complexity index is 768. The van der Waals surface area contributed by atoms with Crippen molar-refractivity contribution in [3.8, 4) is 17.1 Å². The van der Waals surface area contributed by atoms with Crippen molar-refractivity contribution in [3.05, 3.63) is 24.3 Å². The molecule has 1 aliphatic rings. The summed E-state index contributed by atoms with van der Waals surface area (Å²) >= 11 is 1.58. The fourth-order valence-electron chi connectivity index (χ4n) is 2.85. The van der Waals surface area contributed by atoms with Gasteiger partial charge in [-0.3, -0.25) is 9.69 Å². The molecule has 0 aliphatic carbocycles. The Morgan fingerprint density at radius 2 is 2.08 bits per heavy atom. The first kappa shape index (κ1) is 17.7. The maximum atomic E-state index is 12.1. The van der Waals surface area contributed by atoms with Crippen LogP contribution in [0.3, 0.4) is 0 Å². The van der Waals surface area contributed by atoms with E-state index in [0.29, 0.717) is 16.7 Å². The summed E-state index contributed by atoms with van der Waals surface area (Å²) in [6.45, 7) is 5.54. The Balaban J connectivity index is 1.95. The Labute approximate surface area is 152 Å². The van der Waals surface area contributed by atoms with Crippen molar-refractivity contribution >= 4 is 23.4 Å². The number of hydrogen-bond donors (Lipinski definition) is 0. The molecular weight excluding hydrogens is 336 g/mol. The summed E-state index contributed by atoms with van der Waals surface area (Å²) < 4.78 is 5.96. The van der Waals surface area contributed by atoms with E-state index in [4.69, 9.17) is 4.74 Å². The molecule has 2 aromatic rings. The molecule has 0 spiro atoms. The fourth-order valence-corrected chi connectivity index (χ4v) is 3.62. The van der Waals surface area contributed by atoms with Gasteiger partial charge in [-0.1, -0.05) is 49.7 Å². The Morgan fingerprint density at radius 3 is 2.84 bits per heavy atom. The van der Waals surface area contributed by atoms with E-state index in [0.717, 1.165) is 23.4 Å². The topological polar surface area (TPSA) is 68.2 Å². The standard InChI is InChI=1S/C18H22N4O2S/c1-4-5-8-11-25-18-19-17-16(20-21-18)14-9-6-7-10-15(14)22(12(2)23)13(3)24-17/h6-7,9-10,13H,4-5,8,11H2,1-3H3/t13-/m1/s1. The number of hydrogen-bond acceptors (Lipinski definition) is 6. The fraction of sp³-hybridized carbons (Fsp3) is 0.444. The quantitative estimate of drug-likeness (QED) is 0.596. The zero-order valence-electron chi connectivity index (χ0n) is 14.7. The smallest absolute Gasteiger partial charge is 0.247 e. The third kappa shape index (κ3) is 3.76. The van der Waals surface area contributed by atoms with Gasteiger partial charge >= 0.3 is 0 Å². The minimum atomic E-state index is -0.463. The van der Waals surface area contributed by atoms with E-state index >= 15 is 0 Å². The zero-order valence-corrected chi connectivity index (χ0v) is 15.5. The van der Waals surface area contributed by atoms with Crippen molar-refractivity contribution in [2.24, 2.45) is 0 Å². The van der Waals surface area contributed by atoms with Gasteiger partial charge in [-0.2, -0.15) is 4.98 Å². The third-order valence-corrected chi connectivity index (χ3v) is 4.94. The first-order valence-corrected chi connectivity index (χ1v) is 9.53. The van der Waals surface area contributed by atoms with Crippen molar-refractivity contribution in [2.75, 3.05) is 10.7 Å². The van der Waals surface area contributed by atoms with E-state index in [2.05, 4.69) is 22.1 Å². The molecule has 0 bridgehead atoms. The van der Waals surface area contributed by atoms with Crippen LogP contribution in [0.25, 0.3) is 11.3 Å². The van der Waals surface area contributed by atoms with Gasteiger partial charge in [0.05, 0.1) is 5.69 Å². The van der Waals surface area contributed by atoms with Crippen LogP contribution in [0.5, 0.6) is 5.88 Å². The Morgan fingerprint density at radius 1 is 1.28 bits per heavy atom. The third-order valence-electron chi connectivity index (χ3n) is 4.02. The van der Waals surface area contributed by atoms with Crippen molar-refractivity contribution < 1.29 is 9.53 Å². The van der Waals surface area contributed by atoms with Gasteiger partial charge in [0.2, 0.25) is 16.9 Å². The van der Waals surface area contributed by atoms with Gasteiger partial charge < -0.3 is 4.74 Å². The molecule has 1 atom stereocenters. The minimum Gasteiger partial charge on any atom is -0.452 e. The molecule has 132 valence electrons. The number of ether oxygens (including phenoxy) is 1. The molecule has 0 saturated carbocycles. The van der Waals surface area contributed by atoms with Gasteiger partial charge in [0.1, 0.15) is 0 Å². The monoisotopic (exact) mass is 358 g/mol. The second kappa shape index (κ2) is 7.82. The highest BCUT2D eigenvalue weighted by Crippen LogP contribution is 2.39. The van der Waals surface area contributed by atoms with Crippen LogP contribution in [0.15, 0.2) is 29.4 Å². The molecule has 0 fully saturated rings. The van der Waals surface area contributed by atoms with Crippen LogP contribution in [0, 0.1) is 0 Å². The van der Waals surface area contributed by atoms with Crippen molar-refractivity contribution in [1.29, 1.82) is 0 Å². The molecular formula is C18H22N4O2S. The van der Waals surface area contributed by atoms with Crippen LogP contribution in [-0.2, 0) is 4.79 Å². The second-order valence-corrected chi connectivity index (χ2v) is 6.99. The van der Waals surface area contributed by atoms with Crippen LogP contribution in [0.4, 0.5) is 5.69 Å². The molecule has 25 heavy (non-hydrogen) atoms. The second-order valence-electron chi connectivity index (χ2n) is 5.93. The lowest BCUT2D eigenvalue weighted by Crippen LogP contribution is -2.40. The number of thioether (sulfide) groups is 1. The number of rotatable bonds is 5. The normalized spacial score (nSPS) is 15.8. The summed E-state index contributed by atoms with van der Waals surface area (Å²) in [6, 6.07) is 7.61. The predicted molar refractivity (Wildman–Crippen MR) is 98.8 cm³/mol. The van der Waals surface area contributed by atoms with Gasteiger partial charge in [0.15, 0.2) is 11.9 Å². The van der Waals surface area contributed by atoms with Gasteiger partial charge in [-0.15, -0.1) is 10.2 Å². The van der Waals surface area contributed by atoms with Crippen LogP contribution in [0.2, 0.25) is 0 Å². The summed E-state index contributed by atoms with van der Waals surface area (Å²) in [7, 11) is 0. The lowest BCUT2D eigenvalue weighted by atomic mass is 10.1. The van der Waals surface area contributed by atoms with E-state index in [1.54, 1.807) is 16.7 Å². The van der Waals surface area contributed by atoms with Crippen molar-refractivity contribution in [2.45, 2.75) is 51.4 Å². The van der Waals surface area contributed by atoms with Crippen molar-refractivity contribution in [1.82, 2.24) is 15.2 Å². The van der Waals surface area contributed by atoms with Gasteiger partial charge in [-0.25, -0.2) is 0 Å². The summed E-state index contributed by atoms with van der Waals surface area (Å²) in [5.41, 5.74) is 2.14. The number of unbranched alkanes of at least 4 members (excludes halogenated alkanes) is 2. The molecule has 1 aliphatic heterocycles. The highest BCUT2D eigenvalue weighted by atomic mass is 32.2. The van der Waals surface area contributed by atoms with Gasteiger partial charge in [0, 0.05) is 18.2 Å². The minimum absolute atomic E-state index is 0.0881. The Kier molecular flexibility index (Phi) is 5.53. The van der Waals surface area contributed by atoms with Crippen molar-refractivity contribution in [3.63, 3.8) is 0 Å². The molecule has 0 unspecified atom stereocenters. The maximum absolute atomic E-state index is 12.1. The van der Waals surface area contributed by atoms with E-state index < -0.39 is 6.23 Å². The summed E-state index contributed by atoms with van der Waals surface area (Å²) in [4.78, 5) is 18.3. The number of fused-ring (bicyclic) bond motifs is 3. The van der Waals surface area contributed by atoms with Crippen LogP contribution in [0.1, 0.15) is 40.0 Å². The number of aromatic nitrogens is 3. The number of amides is 1. The molecule has 0 saturated heterocycles. The van der Waals surface area contributed by atoms with Crippen LogP contribution < -0.4 is 9.64 Å². The van der Waals surface area contributed by atoms with Crippen LogP contribution >= 0.6 is 11.8 Å². The van der Waals surface area contributed by atoms with E-state index in [-0.39, 0.29) is 5.91 Å². The SMILES string of the molecule is CCCCCSc1nnc2c(n1)O[C@H](C)N(C(C)=O)c1ccccc1-2. The number of carbonyl (C=O) groups excluding carboxylic acids is 1. The maximum Gasteiger partial charge on any atom is 0.247 e. The first-order chi connectivity index (χ1) is 12.1. The van der Waals surface area contributed by atoms with Gasteiger partial charge in [-0.05, 0) is 19.4 Å². The lowest BCUT2D eigenvalue weighted by Gasteiger charge is -2.26. The summed E-state index contributed by atoms with van der Waals surface area (Å²) in [5.74, 6) is 1.30. The number of nitrogens with zero attached hydrogens (tertiary/aromatic N) is 4. The highest BCUT2D eigenvalue weighted by Gasteiger charge is 2.30. The van der Waals surface area contributed by atoms with E-state index in [9.17, 15) is 4.79 Å². The molecule has 1 amide bonds. The number of para-hydroxylation sites is 1. The highest BCUT2D eigenvalue weighted by molar-refractivity contribution is 7.99. The average molecular weight is 358 g/mol. The predicted octanol–water partition coefficient (Wildman–Crippen LogP) is 3.91. The number of benzene rings is 1. The first-order valence-electron chi connectivity index (χ1n) is 8.55. The molecule has 0 N–H and O–H groups in total. The molecule has 1 aromatic carbocycles. The number of anilines is 1. The van der Waals surface area contributed by atoms with E-state index in [1.165, 1.54) is 19.8 Å². The molecule has 6 nitrogen and oxygen atoms in total. The molecule has 2 heterocycles. The largest absolute Gasteiger partial charge is 0.452 e. The summed E-state index contributed by atoms with van der Waals surface area (Å²) in [5, 5.41) is 9.20. The van der Waals surface area contributed by atoms with Gasteiger partial charge in [0.25, 0.3) is 0 Å². The Hall–Kier alpha value is -2.15. The number of carbonyl (C=O) groups is 1. The molecule has 7 heteroatoms.